The molecule has 0 radical (unpaired) electrons. The second kappa shape index (κ2) is 6.85. The number of carbonyl (C=O) groups excluding carboxylic acids is 2. The summed E-state index contributed by atoms with van der Waals surface area (Å²) in [6.07, 6.45) is 3.68. The number of unbranched alkanes of at least 4 members (excludes halogenated alkanes) is 2. The summed E-state index contributed by atoms with van der Waals surface area (Å²) in [4.78, 5) is 24.4. The van der Waals surface area contributed by atoms with Crippen LogP contribution in [-0.2, 0) is 9.59 Å². The van der Waals surface area contributed by atoms with E-state index >= 15 is 0 Å². The predicted molar refractivity (Wildman–Crippen MR) is 79.2 cm³/mol. The Morgan fingerprint density at radius 3 is 2.32 bits per heavy atom. The van der Waals surface area contributed by atoms with Gasteiger partial charge in [0.2, 0.25) is 11.8 Å². The van der Waals surface area contributed by atoms with Crippen molar-refractivity contribution in [1.82, 2.24) is 5.32 Å². The van der Waals surface area contributed by atoms with Gasteiger partial charge in [-0.2, -0.15) is 0 Å². The number of nitrogens with one attached hydrogen (secondary N) is 2. The second-order valence-electron chi connectivity index (χ2n) is 5.60. The molecule has 1 saturated carbocycles. The third-order valence-electron chi connectivity index (χ3n) is 3.89. The normalized spacial score (nSPS) is 15.2. The number of amides is 2. The van der Waals surface area contributed by atoms with Crippen molar-refractivity contribution < 1.29 is 18.4 Å². The standard InChI is InChI=1S/C16H20F2N2O2/c1-2-3-4-10-19-14(21)16(8-9-16)15(22)20-13-11(17)6-5-7-12(13)18/h5-7H,2-4,8-10H2,1H3,(H,19,21)(H,20,22). The SMILES string of the molecule is CCCCCNC(=O)C1(C(=O)Nc2c(F)cccc2F)CC1. The maximum Gasteiger partial charge on any atom is 0.240 e. The first-order chi connectivity index (χ1) is 10.5. The van der Waals surface area contributed by atoms with Crippen LogP contribution in [0.2, 0.25) is 0 Å². The summed E-state index contributed by atoms with van der Waals surface area (Å²) in [6, 6.07) is 3.33. The third-order valence-corrected chi connectivity index (χ3v) is 3.89. The number of hydrogen-bond acceptors (Lipinski definition) is 2. The summed E-state index contributed by atoms with van der Waals surface area (Å²) in [5, 5.41) is 4.94. The van der Waals surface area contributed by atoms with Crippen molar-refractivity contribution in [3.8, 4) is 0 Å². The van der Waals surface area contributed by atoms with Gasteiger partial charge >= 0.3 is 0 Å². The van der Waals surface area contributed by atoms with Gasteiger partial charge in [0, 0.05) is 6.54 Å². The Morgan fingerprint density at radius 1 is 1.14 bits per heavy atom. The first-order valence-electron chi connectivity index (χ1n) is 7.55. The molecule has 1 fully saturated rings. The maximum atomic E-state index is 13.6. The first kappa shape index (κ1) is 16.4. The number of para-hydroxylation sites is 1. The Balaban J connectivity index is 1.98. The van der Waals surface area contributed by atoms with Crippen LogP contribution < -0.4 is 10.6 Å². The Bertz CT molecular complexity index is 551. The number of hydrogen-bond donors (Lipinski definition) is 2. The molecule has 0 unspecified atom stereocenters. The van der Waals surface area contributed by atoms with E-state index in [0.717, 1.165) is 31.4 Å². The molecule has 0 atom stereocenters. The largest absolute Gasteiger partial charge is 0.355 e. The molecule has 0 bridgehead atoms. The van der Waals surface area contributed by atoms with Gasteiger partial charge in [-0.25, -0.2) is 8.78 Å². The average Bonchev–Trinajstić information content (AvgIpc) is 3.29. The van der Waals surface area contributed by atoms with Gasteiger partial charge in [0.05, 0.1) is 0 Å². The Hall–Kier alpha value is -1.98. The van der Waals surface area contributed by atoms with Gasteiger partial charge in [-0.05, 0) is 31.4 Å². The Morgan fingerprint density at radius 2 is 1.77 bits per heavy atom. The van der Waals surface area contributed by atoms with E-state index in [1.807, 2.05) is 0 Å². The maximum absolute atomic E-state index is 13.6. The summed E-state index contributed by atoms with van der Waals surface area (Å²) in [6.45, 7) is 2.57. The van der Waals surface area contributed by atoms with Crippen molar-refractivity contribution in [3.63, 3.8) is 0 Å². The Labute approximate surface area is 128 Å². The topological polar surface area (TPSA) is 58.2 Å². The first-order valence-corrected chi connectivity index (χ1v) is 7.55. The lowest BCUT2D eigenvalue weighted by Gasteiger charge is -2.16. The van der Waals surface area contributed by atoms with Crippen LogP contribution in [0.15, 0.2) is 18.2 Å². The fraction of sp³-hybridized carbons (Fsp3) is 0.500. The molecule has 0 saturated heterocycles. The van der Waals surface area contributed by atoms with E-state index in [4.69, 9.17) is 0 Å². The summed E-state index contributed by atoms with van der Waals surface area (Å²) in [5.41, 5.74) is -1.68. The summed E-state index contributed by atoms with van der Waals surface area (Å²) in [5.74, 6) is -2.72. The molecular formula is C16H20F2N2O2. The van der Waals surface area contributed by atoms with Gasteiger partial charge in [0.1, 0.15) is 22.7 Å². The predicted octanol–water partition coefficient (Wildman–Crippen LogP) is 2.99. The highest BCUT2D eigenvalue weighted by atomic mass is 19.1. The minimum atomic E-state index is -1.18. The highest BCUT2D eigenvalue weighted by Crippen LogP contribution is 2.47. The van der Waals surface area contributed by atoms with Crippen LogP contribution in [0.4, 0.5) is 14.5 Å². The molecule has 0 aliphatic heterocycles. The summed E-state index contributed by atoms with van der Waals surface area (Å²) in [7, 11) is 0. The van der Waals surface area contributed by atoms with E-state index in [-0.39, 0.29) is 5.91 Å². The molecule has 4 nitrogen and oxygen atoms in total. The quantitative estimate of drug-likeness (QED) is 0.601. The van der Waals surface area contributed by atoms with Crippen LogP contribution in [0.1, 0.15) is 39.0 Å². The molecule has 1 aromatic rings. The lowest BCUT2D eigenvalue weighted by molar-refractivity contribution is -0.134. The lowest BCUT2D eigenvalue weighted by atomic mass is 10.0. The van der Waals surface area contributed by atoms with Crippen molar-refractivity contribution in [2.75, 3.05) is 11.9 Å². The fourth-order valence-corrected chi connectivity index (χ4v) is 2.28. The molecular weight excluding hydrogens is 290 g/mol. The van der Waals surface area contributed by atoms with Crippen LogP contribution in [0.25, 0.3) is 0 Å². The highest BCUT2D eigenvalue weighted by Gasteiger charge is 2.56. The molecule has 1 aliphatic rings. The zero-order valence-corrected chi connectivity index (χ0v) is 12.5. The molecule has 2 N–H and O–H groups in total. The number of carbonyl (C=O) groups is 2. The monoisotopic (exact) mass is 310 g/mol. The van der Waals surface area contributed by atoms with Gasteiger partial charge in [0.15, 0.2) is 0 Å². The van der Waals surface area contributed by atoms with E-state index in [9.17, 15) is 18.4 Å². The fourth-order valence-electron chi connectivity index (χ4n) is 2.28. The molecule has 1 aliphatic carbocycles. The number of benzene rings is 1. The zero-order valence-electron chi connectivity index (χ0n) is 12.5. The van der Waals surface area contributed by atoms with Crippen molar-refractivity contribution >= 4 is 17.5 Å². The van der Waals surface area contributed by atoms with E-state index in [1.54, 1.807) is 0 Å². The van der Waals surface area contributed by atoms with Crippen LogP contribution in [0.3, 0.4) is 0 Å². The van der Waals surface area contributed by atoms with Crippen LogP contribution in [0, 0.1) is 17.0 Å². The molecule has 0 heterocycles. The van der Waals surface area contributed by atoms with E-state index in [2.05, 4.69) is 17.6 Å². The molecule has 0 aromatic heterocycles. The minimum absolute atomic E-state index is 0.363. The highest BCUT2D eigenvalue weighted by molar-refractivity contribution is 6.13. The van der Waals surface area contributed by atoms with Crippen molar-refractivity contribution in [2.24, 2.45) is 5.41 Å². The van der Waals surface area contributed by atoms with Gasteiger partial charge in [-0.1, -0.05) is 25.8 Å². The van der Waals surface area contributed by atoms with E-state index < -0.39 is 28.6 Å². The molecule has 2 rings (SSSR count). The van der Waals surface area contributed by atoms with Gasteiger partial charge in [-0.15, -0.1) is 0 Å². The zero-order chi connectivity index (χ0) is 16.2. The molecule has 0 spiro atoms. The average molecular weight is 310 g/mol. The second-order valence-corrected chi connectivity index (χ2v) is 5.60. The summed E-state index contributed by atoms with van der Waals surface area (Å²) >= 11 is 0. The molecule has 22 heavy (non-hydrogen) atoms. The smallest absolute Gasteiger partial charge is 0.240 e. The van der Waals surface area contributed by atoms with Gasteiger partial charge in [-0.3, -0.25) is 9.59 Å². The number of rotatable bonds is 7. The summed E-state index contributed by atoms with van der Waals surface area (Å²) < 4.78 is 27.1. The van der Waals surface area contributed by atoms with Crippen molar-refractivity contribution in [2.45, 2.75) is 39.0 Å². The number of anilines is 1. The molecule has 1 aromatic carbocycles. The van der Waals surface area contributed by atoms with Crippen molar-refractivity contribution in [3.05, 3.63) is 29.8 Å². The lowest BCUT2D eigenvalue weighted by Crippen LogP contribution is -2.40. The minimum Gasteiger partial charge on any atom is -0.355 e. The molecule has 6 heteroatoms. The van der Waals surface area contributed by atoms with Crippen LogP contribution >= 0.6 is 0 Å². The van der Waals surface area contributed by atoms with Gasteiger partial charge in [0.25, 0.3) is 0 Å². The van der Waals surface area contributed by atoms with E-state index in [1.165, 1.54) is 6.07 Å². The van der Waals surface area contributed by atoms with Crippen LogP contribution in [0.5, 0.6) is 0 Å². The molecule has 2 amide bonds. The van der Waals surface area contributed by atoms with Gasteiger partial charge < -0.3 is 10.6 Å². The van der Waals surface area contributed by atoms with E-state index in [0.29, 0.717) is 19.4 Å². The Kier molecular flexibility index (Phi) is 5.11. The van der Waals surface area contributed by atoms with Crippen molar-refractivity contribution in [1.29, 1.82) is 0 Å². The van der Waals surface area contributed by atoms with Crippen LogP contribution in [-0.4, -0.2) is 18.4 Å². The number of halogens is 2. The molecule has 120 valence electrons. The third kappa shape index (κ3) is 3.43.